The number of aromatic nitrogens is 2. The van der Waals surface area contributed by atoms with E-state index in [1.54, 1.807) is 0 Å². The molecule has 0 unspecified atom stereocenters. The minimum atomic E-state index is 0.703. The Hall–Kier alpha value is -0.600. The Morgan fingerprint density at radius 3 is 2.80 bits per heavy atom. The second-order valence-corrected chi connectivity index (χ2v) is 2.77. The van der Waals surface area contributed by atoms with Crippen molar-refractivity contribution in [3.63, 3.8) is 0 Å². The quantitative estimate of drug-likeness (QED) is 0.635. The molecular weight excluding hydrogens is 171 g/mol. The number of hydrogen-bond acceptors (Lipinski definition) is 0. The van der Waals surface area contributed by atoms with E-state index in [4.69, 9.17) is 23.4 Å². The Labute approximate surface area is 67.4 Å². The van der Waals surface area contributed by atoms with Gasteiger partial charge in [0.05, 0.1) is 5.02 Å². The minimum absolute atomic E-state index is 0.703. The van der Waals surface area contributed by atoms with Gasteiger partial charge >= 0.3 is 0 Å². The lowest BCUT2D eigenvalue weighted by molar-refractivity contribution is 0.977. The van der Waals surface area contributed by atoms with Crippen LogP contribution in [0.3, 0.4) is 0 Å². The van der Waals surface area contributed by atoms with Crippen LogP contribution >= 0.6 is 23.4 Å². The Kier molecular flexibility index (Phi) is 1.19. The second kappa shape index (κ2) is 1.94. The number of halogens is 2. The first-order chi connectivity index (χ1) is 4.79. The van der Waals surface area contributed by atoms with E-state index >= 15 is 0 Å². The highest BCUT2D eigenvalue weighted by molar-refractivity contribution is 6.35. The standard InChI is InChI=1S/C6H4Cl2N2/c7-4-2-1-3-5-6(4)9-10(5)8/h1-3,9H. The Morgan fingerprint density at radius 2 is 2.20 bits per heavy atom. The predicted octanol–water partition coefficient (Wildman–Crippen LogP) is 2.62. The summed E-state index contributed by atoms with van der Waals surface area (Å²) in [5, 5.41) is 3.52. The van der Waals surface area contributed by atoms with E-state index in [0.29, 0.717) is 5.02 Å². The molecular formula is C6H4Cl2N2. The molecule has 2 aromatic rings. The van der Waals surface area contributed by atoms with Crippen LogP contribution < -0.4 is 0 Å². The summed E-state index contributed by atoms with van der Waals surface area (Å²) in [7, 11) is 0. The van der Waals surface area contributed by atoms with E-state index < -0.39 is 0 Å². The van der Waals surface area contributed by atoms with Crippen molar-refractivity contribution < 1.29 is 0 Å². The molecule has 0 aliphatic carbocycles. The third kappa shape index (κ3) is 0.662. The van der Waals surface area contributed by atoms with Crippen molar-refractivity contribution in [2.75, 3.05) is 0 Å². The first-order valence-electron chi connectivity index (χ1n) is 2.80. The van der Waals surface area contributed by atoms with Crippen molar-refractivity contribution in [2.45, 2.75) is 0 Å². The summed E-state index contributed by atoms with van der Waals surface area (Å²) >= 11 is 11.4. The number of para-hydroxylation sites is 1. The molecule has 0 spiro atoms. The van der Waals surface area contributed by atoms with Crippen molar-refractivity contribution in [1.82, 2.24) is 9.30 Å². The monoisotopic (exact) mass is 174 g/mol. The van der Waals surface area contributed by atoms with Gasteiger partial charge in [0.15, 0.2) is 0 Å². The molecule has 0 atom stereocenters. The Morgan fingerprint density at radius 1 is 1.40 bits per heavy atom. The zero-order valence-electron chi connectivity index (χ0n) is 4.94. The van der Waals surface area contributed by atoms with Crippen molar-refractivity contribution in [2.24, 2.45) is 0 Å². The lowest BCUT2D eigenvalue weighted by Gasteiger charge is -2.08. The van der Waals surface area contributed by atoms with E-state index in [9.17, 15) is 0 Å². The largest absolute Gasteiger partial charge is 0.280 e. The van der Waals surface area contributed by atoms with Gasteiger partial charge in [-0.15, -0.1) is 0 Å². The van der Waals surface area contributed by atoms with E-state index in [1.165, 1.54) is 4.20 Å². The van der Waals surface area contributed by atoms with Gasteiger partial charge in [-0.2, -0.15) is 4.20 Å². The van der Waals surface area contributed by atoms with Crippen molar-refractivity contribution in [3.05, 3.63) is 23.2 Å². The van der Waals surface area contributed by atoms with Crippen molar-refractivity contribution in [1.29, 1.82) is 0 Å². The molecule has 0 saturated heterocycles. The van der Waals surface area contributed by atoms with Crippen LogP contribution in [-0.2, 0) is 0 Å². The number of benzene rings is 1. The topological polar surface area (TPSA) is 20.7 Å². The minimum Gasteiger partial charge on any atom is -0.280 e. The maximum Gasteiger partial charge on any atom is 0.103 e. The molecule has 1 heterocycles. The summed E-state index contributed by atoms with van der Waals surface area (Å²) in [6.07, 6.45) is 0. The fraction of sp³-hybridized carbons (Fsp3) is 0. The molecule has 1 aromatic heterocycles. The summed E-state index contributed by atoms with van der Waals surface area (Å²) in [5.41, 5.74) is 1.83. The zero-order valence-corrected chi connectivity index (χ0v) is 6.45. The van der Waals surface area contributed by atoms with Crippen LogP contribution in [0.25, 0.3) is 11.0 Å². The van der Waals surface area contributed by atoms with Gasteiger partial charge in [0.1, 0.15) is 11.0 Å². The number of hydrogen-bond donors (Lipinski definition) is 1. The number of nitrogens with one attached hydrogen (secondary N) is 1. The molecule has 0 radical (unpaired) electrons. The zero-order chi connectivity index (χ0) is 7.14. The van der Waals surface area contributed by atoms with E-state index in [-0.39, 0.29) is 0 Å². The van der Waals surface area contributed by atoms with Crippen LogP contribution in [0, 0.1) is 0 Å². The third-order valence-electron chi connectivity index (χ3n) is 1.41. The first kappa shape index (κ1) is 6.13. The lowest BCUT2D eigenvalue weighted by Crippen LogP contribution is -1.99. The molecule has 0 bridgehead atoms. The Balaban J connectivity index is 2.81. The van der Waals surface area contributed by atoms with E-state index in [2.05, 4.69) is 5.10 Å². The van der Waals surface area contributed by atoms with Crippen LogP contribution in [0.5, 0.6) is 0 Å². The molecule has 10 heavy (non-hydrogen) atoms. The average molecular weight is 175 g/mol. The average Bonchev–Trinajstić information content (AvgIpc) is 1.91. The number of fused-ring (bicyclic) bond motifs is 1. The van der Waals surface area contributed by atoms with Gasteiger partial charge in [-0.25, -0.2) is 0 Å². The van der Waals surface area contributed by atoms with Gasteiger partial charge in [-0.3, -0.25) is 5.10 Å². The highest BCUT2D eigenvalue weighted by Crippen LogP contribution is 2.23. The molecule has 1 aromatic carbocycles. The third-order valence-corrected chi connectivity index (χ3v) is 1.99. The Bertz CT molecular complexity index is 361. The maximum absolute atomic E-state index is 5.78. The molecule has 0 fully saturated rings. The van der Waals surface area contributed by atoms with Gasteiger partial charge in [0.25, 0.3) is 0 Å². The molecule has 0 aliphatic rings. The molecule has 52 valence electrons. The smallest absolute Gasteiger partial charge is 0.103 e. The predicted molar refractivity (Wildman–Crippen MR) is 42.5 cm³/mol. The fourth-order valence-corrected chi connectivity index (χ4v) is 1.33. The van der Waals surface area contributed by atoms with Crippen LogP contribution in [0.1, 0.15) is 0 Å². The summed E-state index contributed by atoms with van der Waals surface area (Å²) in [6.45, 7) is 0. The van der Waals surface area contributed by atoms with E-state index in [0.717, 1.165) is 11.0 Å². The lowest BCUT2D eigenvalue weighted by atomic mass is 10.3. The molecule has 0 aliphatic heterocycles. The SMILES string of the molecule is Clc1cccc2c1[nH]n2Cl. The number of aromatic amines is 1. The summed E-state index contributed by atoms with van der Waals surface area (Å²) in [6, 6.07) is 5.57. The number of rotatable bonds is 0. The van der Waals surface area contributed by atoms with Crippen LogP contribution in [0.4, 0.5) is 0 Å². The summed E-state index contributed by atoms with van der Waals surface area (Å²) in [5.74, 6) is 0. The van der Waals surface area contributed by atoms with Crippen LogP contribution in [0.15, 0.2) is 18.2 Å². The van der Waals surface area contributed by atoms with Gasteiger partial charge in [-0.05, 0) is 12.1 Å². The number of H-pyrrole nitrogens is 1. The normalized spacial score (nSPS) is 11.0. The van der Waals surface area contributed by atoms with Gasteiger partial charge in [0, 0.05) is 11.8 Å². The maximum atomic E-state index is 5.78. The van der Waals surface area contributed by atoms with Crippen LogP contribution in [0.2, 0.25) is 5.02 Å². The number of nitrogens with zero attached hydrogens (tertiary/aromatic N) is 1. The summed E-state index contributed by atoms with van der Waals surface area (Å²) in [4.78, 5) is 0. The molecule has 2 rings (SSSR count). The molecule has 4 heteroatoms. The highest BCUT2D eigenvalue weighted by atomic mass is 35.5. The highest BCUT2D eigenvalue weighted by Gasteiger charge is 2.04. The van der Waals surface area contributed by atoms with Crippen molar-refractivity contribution >= 4 is 34.4 Å². The van der Waals surface area contributed by atoms with E-state index in [1.807, 2.05) is 18.2 Å². The van der Waals surface area contributed by atoms with Crippen molar-refractivity contribution in [3.8, 4) is 0 Å². The summed E-state index contributed by atoms with van der Waals surface area (Å²) < 4.78 is 1.40. The van der Waals surface area contributed by atoms with Gasteiger partial charge in [-0.1, -0.05) is 17.7 Å². The van der Waals surface area contributed by atoms with Gasteiger partial charge in [0.2, 0.25) is 0 Å². The van der Waals surface area contributed by atoms with Crippen LogP contribution in [-0.4, -0.2) is 9.30 Å². The first-order valence-corrected chi connectivity index (χ1v) is 3.52. The fourth-order valence-electron chi connectivity index (χ4n) is 0.892. The molecule has 1 N–H and O–H groups in total. The molecule has 2 nitrogen and oxygen atoms in total. The molecule has 0 saturated carbocycles. The van der Waals surface area contributed by atoms with Gasteiger partial charge < -0.3 is 0 Å². The molecule has 0 amide bonds. The second-order valence-electron chi connectivity index (χ2n) is 2.03.